The summed E-state index contributed by atoms with van der Waals surface area (Å²) in [5, 5.41) is 11.3. The van der Waals surface area contributed by atoms with E-state index >= 15 is 0 Å². The lowest BCUT2D eigenvalue weighted by molar-refractivity contribution is -0.385. The highest BCUT2D eigenvalue weighted by atomic mass is 16.6. The number of ether oxygens (including phenoxy) is 3. The first-order valence-electron chi connectivity index (χ1n) is 8.75. The number of rotatable bonds is 4. The molecule has 1 fully saturated rings. The van der Waals surface area contributed by atoms with Gasteiger partial charge in [0.1, 0.15) is 5.60 Å². The number of carbonyl (C=O) groups is 2. The van der Waals surface area contributed by atoms with Crippen molar-refractivity contribution < 1.29 is 28.7 Å². The second kappa shape index (κ2) is 8.32. The molecular formula is C18H25N3O7. The Balaban J connectivity index is 2.27. The highest BCUT2D eigenvalue weighted by Crippen LogP contribution is 2.36. The number of esters is 1. The number of amides is 1. The van der Waals surface area contributed by atoms with Crippen LogP contribution in [0.1, 0.15) is 31.1 Å². The number of nitrogens with zero attached hydrogens (tertiary/aromatic N) is 3. The molecule has 28 heavy (non-hydrogen) atoms. The molecule has 154 valence electrons. The number of anilines is 1. The molecule has 0 bridgehead atoms. The first kappa shape index (κ1) is 21.3. The van der Waals surface area contributed by atoms with Crippen molar-refractivity contribution >= 4 is 23.4 Å². The highest BCUT2D eigenvalue weighted by molar-refractivity contribution is 5.97. The van der Waals surface area contributed by atoms with Crippen molar-refractivity contribution in [2.75, 3.05) is 45.3 Å². The number of hydrogen-bond donors (Lipinski definition) is 0. The van der Waals surface area contributed by atoms with Crippen molar-refractivity contribution in [2.45, 2.75) is 26.4 Å². The summed E-state index contributed by atoms with van der Waals surface area (Å²) in [5.41, 5.74) is -0.379. The van der Waals surface area contributed by atoms with Gasteiger partial charge in [0.15, 0.2) is 5.75 Å². The quantitative estimate of drug-likeness (QED) is 0.434. The summed E-state index contributed by atoms with van der Waals surface area (Å²) in [6.07, 6.45) is -0.401. The highest BCUT2D eigenvalue weighted by Gasteiger charge is 2.30. The maximum atomic E-state index is 12.2. The van der Waals surface area contributed by atoms with Gasteiger partial charge in [-0.05, 0) is 20.8 Å². The van der Waals surface area contributed by atoms with Crippen LogP contribution in [0.25, 0.3) is 0 Å². The van der Waals surface area contributed by atoms with Crippen molar-refractivity contribution in [3.8, 4) is 5.75 Å². The number of piperazine rings is 1. The molecule has 0 aromatic heterocycles. The van der Waals surface area contributed by atoms with E-state index in [0.717, 1.165) is 6.07 Å². The van der Waals surface area contributed by atoms with Crippen LogP contribution >= 0.6 is 0 Å². The Labute approximate surface area is 163 Å². The second-order valence-electron chi connectivity index (χ2n) is 7.24. The van der Waals surface area contributed by atoms with Crippen LogP contribution in [-0.2, 0) is 9.47 Å². The summed E-state index contributed by atoms with van der Waals surface area (Å²) in [7, 11) is 2.53. The first-order chi connectivity index (χ1) is 13.1. The van der Waals surface area contributed by atoms with Crippen LogP contribution in [0.15, 0.2) is 12.1 Å². The lowest BCUT2D eigenvalue weighted by atomic mass is 10.1. The molecule has 1 aliphatic rings. The van der Waals surface area contributed by atoms with Crippen LogP contribution in [0.2, 0.25) is 0 Å². The monoisotopic (exact) mass is 395 g/mol. The minimum absolute atomic E-state index is 0.0437. The van der Waals surface area contributed by atoms with Crippen molar-refractivity contribution in [3.63, 3.8) is 0 Å². The Kier molecular flexibility index (Phi) is 6.32. The van der Waals surface area contributed by atoms with Gasteiger partial charge in [0.2, 0.25) is 0 Å². The van der Waals surface area contributed by atoms with Crippen LogP contribution in [-0.4, -0.2) is 67.9 Å². The molecule has 2 rings (SSSR count). The molecule has 0 unspecified atom stereocenters. The molecule has 0 spiro atoms. The van der Waals surface area contributed by atoms with Gasteiger partial charge in [-0.3, -0.25) is 10.1 Å². The van der Waals surface area contributed by atoms with Crippen LogP contribution in [0, 0.1) is 10.1 Å². The minimum Gasteiger partial charge on any atom is -0.490 e. The zero-order valence-corrected chi connectivity index (χ0v) is 16.7. The Bertz CT molecular complexity index is 765. The van der Waals surface area contributed by atoms with E-state index in [4.69, 9.17) is 14.2 Å². The summed E-state index contributed by atoms with van der Waals surface area (Å²) < 4.78 is 15.3. The van der Waals surface area contributed by atoms with E-state index in [1.807, 2.05) is 4.90 Å². The predicted octanol–water partition coefficient (Wildman–Crippen LogP) is 2.45. The molecule has 0 saturated carbocycles. The zero-order chi connectivity index (χ0) is 21.1. The van der Waals surface area contributed by atoms with Gasteiger partial charge < -0.3 is 24.0 Å². The average Bonchev–Trinajstić information content (AvgIpc) is 2.64. The minimum atomic E-state index is -0.685. The first-order valence-corrected chi connectivity index (χ1v) is 8.75. The van der Waals surface area contributed by atoms with E-state index in [9.17, 15) is 19.7 Å². The average molecular weight is 395 g/mol. The standard InChI is InChI=1S/C18H25N3O7/c1-18(2,3)28-17(23)20-8-6-19(7-9-20)13-11-15(26-4)14(21(24)25)10-12(13)16(22)27-5/h10-11H,6-9H2,1-5H3. The third-order valence-corrected chi connectivity index (χ3v) is 4.17. The molecule has 0 N–H and O–H groups in total. The second-order valence-corrected chi connectivity index (χ2v) is 7.24. The van der Waals surface area contributed by atoms with Gasteiger partial charge >= 0.3 is 17.7 Å². The van der Waals surface area contributed by atoms with Crippen LogP contribution in [0.5, 0.6) is 5.75 Å². The van der Waals surface area contributed by atoms with Gasteiger partial charge in [0.25, 0.3) is 0 Å². The molecule has 1 saturated heterocycles. The fourth-order valence-corrected chi connectivity index (χ4v) is 2.86. The van der Waals surface area contributed by atoms with Gasteiger partial charge in [0.05, 0.1) is 30.4 Å². The van der Waals surface area contributed by atoms with Crippen molar-refractivity contribution in [1.82, 2.24) is 4.90 Å². The maximum Gasteiger partial charge on any atom is 0.410 e. The van der Waals surface area contributed by atoms with E-state index in [1.165, 1.54) is 20.3 Å². The van der Waals surface area contributed by atoms with E-state index in [2.05, 4.69) is 0 Å². The molecular weight excluding hydrogens is 370 g/mol. The molecule has 0 radical (unpaired) electrons. The molecule has 10 heteroatoms. The Morgan fingerprint density at radius 1 is 1.11 bits per heavy atom. The van der Waals surface area contributed by atoms with Gasteiger partial charge in [-0.25, -0.2) is 9.59 Å². The number of benzene rings is 1. The summed E-state index contributed by atoms with van der Waals surface area (Å²) in [5.74, 6) is -0.641. The number of nitro benzene ring substituents is 1. The fraction of sp³-hybridized carbons (Fsp3) is 0.556. The SMILES string of the molecule is COC(=O)c1cc([N+](=O)[O-])c(OC)cc1N1CCN(C(=O)OC(C)(C)C)CC1. The third kappa shape index (κ3) is 4.81. The lowest BCUT2D eigenvalue weighted by Gasteiger charge is -2.37. The summed E-state index contributed by atoms with van der Waals surface area (Å²) >= 11 is 0. The molecule has 1 heterocycles. The van der Waals surface area contributed by atoms with Gasteiger partial charge in [-0.15, -0.1) is 0 Å². The van der Waals surface area contributed by atoms with Gasteiger partial charge in [-0.1, -0.05) is 0 Å². The van der Waals surface area contributed by atoms with Crippen LogP contribution < -0.4 is 9.64 Å². The molecule has 10 nitrogen and oxygen atoms in total. The Morgan fingerprint density at radius 2 is 1.71 bits per heavy atom. The van der Waals surface area contributed by atoms with E-state index in [1.54, 1.807) is 25.7 Å². The van der Waals surface area contributed by atoms with Crippen LogP contribution in [0.3, 0.4) is 0 Å². The molecule has 1 aromatic carbocycles. The number of methoxy groups -OCH3 is 2. The third-order valence-electron chi connectivity index (χ3n) is 4.17. The van der Waals surface area contributed by atoms with Crippen molar-refractivity contribution in [3.05, 3.63) is 27.8 Å². The summed E-state index contributed by atoms with van der Waals surface area (Å²) in [6, 6.07) is 2.60. The predicted molar refractivity (Wildman–Crippen MR) is 101 cm³/mol. The van der Waals surface area contributed by atoms with Crippen molar-refractivity contribution in [2.24, 2.45) is 0 Å². The lowest BCUT2D eigenvalue weighted by Crippen LogP contribution is -2.50. The van der Waals surface area contributed by atoms with E-state index in [-0.39, 0.29) is 17.0 Å². The topological polar surface area (TPSA) is 111 Å². The Hall–Kier alpha value is -3.04. The smallest absolute Gasteiger partial charge is 0.410 e. The molecule has 0 aliphatic carbocycles. The molecule has 1 amide bonds. The number of carbonyl (C=O) groups excluding carboxylic acids is 2. The van der Waals surface area contributed by atoms with E-state index < -0.39 is 22.6 Å². The number of hydrogen-bond acceptors (Lipinski definition) is 8. The fourth-order valence-electron chi connectivity index (χ4n) is 2.86. The summed E-state index contributed by atoms with van der Waals surface area (Å²) in [6.45, 7) is 7.00. The van der Waals surface area contributed by atoms with E-state index in [0.29, 0.717) is 31.9 Å². The van der Waals surface area contributed by atoms with Crippen molar-refractivity contribution in [1.29, 1.82) is 0 Å². The molecule has 1 aromatic rings. The zero-order valence-electron chi connectivity index (χ0n) is 16.7. The Morgan fingerprint density at radius 3 is 2.18 bits per heavy atom. The number of nitro groups is 1. The molecule has 0 atom stereocenters. The molecule has 1 aliphatic heterocycles. The van der Waals surface area contributed by atoms with Gasteiger partial charge in [-0.2, -0.15) is 0 Å². The largest absolute Gasteiger partial charge is 0.490 e. The maximum absolute atomic E-state index is 12.2. The van der Waals surface area contributed by atoms with Gasteiger partial charge in [0, 0.05) is 38.3 Å². The normalized spacial score (nSPS) is 14.5. The van der Waals surface area contributed by atoms with Crippen LogP contribution in [0.4, 0.5) is 16.2 Å². The summed E-state index contributed by atoms with van der Waals surface area (Å²) in [4.78, 5) is 38.5.